The zero-order valence-corrected chi connectivity index (χ0v) is 36.9. The van der Waals surface area contributed by atoms with Gasteiger partial charge in [-0.2, -0.15) is 0 Å². The summed E-state index contributed by atoms with van der Waals surface area (Å²) in [5.74, 6) is -0.120. The Morgan fingerprint density at radius 1 is 0.491 bits per heavy atom. The van der Waals surface area contributed by atoms with Crippen LogP contribution in [0.25, 0.3) is 0 Å². The van der Waals surface area contributed by atoms with Crippen LogP contribution < -0.4 is 5.32 Å². The van der Waals surface area contributed by atoms with Crippen LogP contribution in [0.5, 0.6) is 0 Å². The van der Waals surface area contributed by atoms with Crippen LogP contribution in [0, 0.1) is 0 Å². The largest absolute Gasteiger partial charge is 0.466 e. The van der Waals surface area contributed by atoms with Crippen molar-refractivity contribution in [2.75, 3.05) is 13.2 Å². The lowest BCUT2D eigenvalue weighted by Gasteiger charge is -2.20. The van der Waals surface area contributed by atoms with Gasteiger partial charge in [-0.1, -0.05) is 231 Å². The summed E-state index contributed by atoms with van der Waals surface area (Å²) in [4.78, 5) is 24.4. The van der Waals surface area contributed by atoms with Crippen molar-refractivity contribution < 1.29 is 24.5 Å². The molecule has 0 bridgehead atoms. The molecule has 2 unspecified atom stereocenters. The van der Waals surface area contributed by atoms with Crippen LogP contribution in [-0.4, -0.2) is 47.4 Å². The molecule has 326 valence electrons. The number of ether oxygens (including phenoxy) is 1. The monoisotopic (exact) mass is 778 g/mol. The van der Waals surface area contributed by atoms with Crippen molar-refractivity contribution >= 4 is 11.9 Å². The summed E-state index contributed by atoms with van der Waals surface area (Å²) in [6, 6.07) is -0.646. The Kier molecular flexibility index (Phi) is 44.2. The molecule has 0 aliphatic rings. The van der Waals surface area contributed by atoms with Crippen LogP contribution >= 0.6 is 0 Å². The van der Waals surface area contributed by atoms with E-state index >= 15 is 0 Å². The number of hydrogen-bond donors (Lipinski definition) is 3. The van der Waals surface area contributed by atoms with Crippen molar-refractivity contribution in [2.45, 2.75) is 276 Å². The molecule has 0 aromatic carbocycles. The molecule has 0 aliphatic heterocycles. The predicted molar refractivity (Wildman–Crippen MR) is 237 cm³/mol. The number of hydrogen-bond acceptors (Lipinski definition) is 5. The van der Waals surface area contributed by atoms with Crippen LogP contribution in [0.3, 0.4) is 0 Å². The molecule has 6 heteroatoms. The molecule has 0 fully saturated rings. The van der Waals surface area contributed by atoms with Gasteiger partial charge < -0.3 is 20.3 Å². The number of aliphatic hydroxyl groups is 2. The number of carbonyl (C=O) groups is 2. The van der Waals surface area contributed by atoms with Gasteiger partial charge in [-0.05, 0) is 32.1 Å². The Balaban J connectivity index is 3.53. The molecule has 0 spiro atoms. The number of esters is 1. The van der Waals surface area contributed by atoms with Gasteiger partial charge in [-0.25, -0.2) is 0 Å². The third-order valence-corrected chi connectivity index (χ3v) is 11.3. The second kappa shape index (κ2) is 45.3. The molecule has 0 aliphatic carbocycles. The molecule has 2 atom stereocenters. The van der Waals surface area contributed by atoms with Crippen molar-refractivity contribution in [1.82, 2.24) is 5.32 Å². The number of carbonyl (C=O) groups excluding carboxylic acids is 2. The molecule has 0 saturated heterocycles. The smallest absolute Gasteiger partial charge is 0.305 e. The maximum Gasteiger partial charge on any atom is 0.305 e. The summed E-state index contributed by atoms with van der Waals surface area (Å²) in [6.45, 7) is 4.84. The van der Waals surface area contributed by atoms with Crippen LogP contribution in [-0.2, 0) is 14.3 Å². The molecule has 55 heavy (non-hydrogen) atoms. The van der Waals surface area contributed by atoms with Gasteiger partial charge in [0.1, 0.15) is 0 Å². The van der Waals surface area contributed by atoms with Gasteiger partial charge in [0.15, 0.2) is 0 Å². The lowest BCUT2D eigenvalue weighted by atomic mass is 10.0. The predicted octanol–water partition coefficient (Wildman–Crippen LogP) is 14.2. The molecule has 6 nitrogen and oxygen atoms in total. The van der Waals surface area contributed by atoms with Crippen molar-refractivity contribution in [3.63, 3.8) is 0 Å². The van der Waals surface area contributed by atoms with E-state index in [4.69, 9.17) is 4.74 Å². The molecule has 1 amide bonds. The molecule has 0 saturated carbocycles. The fraction of sp³-hybridized carbons (Fsp3) is 0.918. The summed E-state index contributed by atoms with van der Waals surface area (Å²) in [7, 11) is 0. The van der Waals surface area contributed by atoms with E-state index < -0.39 is 12.1 Å². The minimum Gasteiger partial charge on any atom is -0.466 e. The first-order chi connectivity index (χ1) is 27.0. The zero-order valence-electron chi connectivity index (χ0n) is 36.9. The first-order valence-corrected chi connectivity index (χ1v) is 24.5. The number of rotatable bonds is 45. The summed E-state index contributed by atoms with van der Waals surface area (Å²) >= 11 is 0. The SMILES string of the molecule is CCCCCCCCCCCCCCCC/C=C/C(O)C(CO)NC(=O)CCCCCCCCCCCOC(=O)CCCCCCCCCCCCCCC. The van der Waals surface area contributed by atoms with Gasteiger partial charge in [-0.15, -0.1) is 0 Å². The van der Waals surface area contributed by atoms with Gasteiger partial charge in [0.25, 0.3) is 0 Å². The summed E-state index contributed by atoms with van der Waals surface area (Å²) in [5, 5.41) is 23.0. The van der Waals surface area contributed by atoms with Crippen LogP contribution in [0.2, 0.25) is 0 Å². The highest BCUT2D eigenvalue weighted by Crippen LogP contribution is 2.16. The van der Waals surface area contributed by atoms with Crippen LogP contribution in [0.15, 0.2) is 12.2 Å². The fourth-order valence-electron chi connectivity index (χ4n) is 7.51. The highest BCUT2D eigenvalue weighted by molar-refractivity contribution is 5.76. The van der Waals surface area contributed by atoms with Crippen molar-refractivity contribution in [2.24, 2.45) is 0 Å². The minimum absolute atomic E-state index is 0.0257. The normalized spacial score (nSPS) is 12.7. The van der Waals surface area contributed by atoms with Crippen molar-refractivity contribution in [3.05, 3.63) is 12.2 Å². The number of unbranched alkanes of at least 4 members (excludes halogenated alkanes) is 34. The molecule has 0 aromatic rings. The lowest BCUT2D eigenvalue weighted by Crippen LogP contribution is -2.45. The number of allylic oxidation sites excluding steroid dienone is 1. The van der Waals surface area contributed by atoms with Gasteiger partial charge in [-0.3, -0.25) is 9.59 Å². The number of nitrogens with one attached hydrogen (secondary N) is 1. The van der Waals surface area contributed by atoms with E-state index in [9.17, 15) is 19.8 Å². The Hall–Kier alpha value is -1.40. The molecular formula is C49H95NO5. The quantitative estimate of drug-likeness (QED) is 0.0325. The fourth-order valence-corrected chi connectivity index (χ4v) is 7.51. The van der Waals surface area contributed by atoms with E-state index in [-0.39, 0.29) is 18.5 Å². The van der Waals surface area contributed by atoms with Gasteiger partial charge >= 0.3 is 5.97 Å². The Morgan fingerprint density at radius 2 is 0.836 bits per heavy atom. The van der Waals surface area contributed by atoms with Crippen LogP contribution in [0.4, 0.5) is 0 Å². The molecular weight excluding hydrogens is 683 g/mol. The van der Waals surface area contributed by atoms with E-state index in [0.29, 0.717) is 19.4 Å². The van der Waals surface area contributed by atoms with E-state index in [2.05, 4.69) is 19.2 Å². The summed E-state index contributed by atoms with van der Waals surface area (Å²) in [5.41, 5.74) is 0. The van der Waals surface area contributed by atoms with E-state index in [0.717, 1.165) is 57.8 Å². The first-order valence-electron chi connectivity index (χ1n) is 24.5. The van der Waals surface area contributed by atoms with Crippen LogP contribution in [0.1, 0.15) is 264 Å². The maximum absolute atomic E-state index is 12.4. The number of aliphatic hydroxyl groups excluding tert-OH is 2. The van der Waals surface area contributed by atoms with E-state index in [1.807, 2.05) is 6.08 Å². The Morgan fingerprint density at radius 3 is 1.24 bits per heavy atom. The third kappa shape index (κ3) is 42.0. The highest BCUT2D eigenvalue weighted by atomic mass is 16.5. The maximum atomic E-state index is 12.4. The van der Waals surface area contributed by atoms with Crippen molar-refractivity contribution in [3.8, 4) is 0 Å². The minimum atomic E-state index is -0.860. The highest BCUT2D eigenvalue weighted by Gasteiger charge is 2.18. The molecule has 0 radical (unpaired) electrons. The zero-order chi connectivity index (χ0) is 40.1. The molecule has 0 heterocycles. The topological polar surface area (TPSA) is 95.9 Å². The Bertz CT molecular complexity index is 817. The van der Waals surface area contributed by atoms with E-state index in [1.165, 1.54) is 180 Å². The average Bonchev–Trinajstić information content (AvgIpc) is 3.18. The lowest BCUT2D eigenvalue weighted by molar-refractivity contribution is -0.143. The van der Waals surface area contributed by atoms with E-state index in [1.54, 1.807) is 6.08 Å². The van der Waals surface area contributed by atoms with Gasteiger partial charge in [0, 0.05) is 12.8 Å². The average molecular weight is 778 g/mol. The number of amides is 1. The third-order valence-electron chi connectivity index (χ3n) is 11.3. The molecule has 0 aromatic heterocycles. The van der Waals surface area contributed by atoms with Gasteiger partial charge in [0.2, 0.25) is 5.91 Å². The second-order valence-electron chi connectivity index (χ2n) is 16.8. The molecule has 3 N–H and O–H groups in total. The van der Waals surface area contributed by atoms with Crippen molar-refractivity contribution in [1.29, 1.82) is 0 Å². The summed E-state index contributed by atoms with van der Waals surface area (Å²) < 4.78 is 5.44. The first kappa shape index (κ1) is 53.6. The molecule has 0 rings (SSSR count). The van der Waals surface area contributed by atoms with Gasteiger partial charge in [0.05, 0.1) is 25.4 Å². The second-order valence-corrected chi connectivity index (χ2v) is 16.8. The Labute approximate surface area is 342 Å². The summed E-state index contributed by atoms with van der Waals surface area (Å²) in [6.07, 6.45) is 50.5. The standard InChI is InChI=1S/C49H95NO5/c1-3-5-7-9-11-13-15-17-18-19-21-22-25-29-33-37-41-47(52)46(45-51)50-48(53)42-38-34-30-26-24-28-32-36-40-44-55-49(54)43-39-35-31-27-23-20-16-14-12-10-8-6-4-2/h37,41,46-47,51-52H,3-36,38-40,42-45H2,1-2H3,(H,50,53)/b41-37+.